The molecule has 2 heteroatoms. The Morgan fingerprint density at radius 1 is 0.655 bits per heavy atom. The van der Waals surface area contributed by atoms with Crippen molar-refractivity contribution < 1.29 is 0 Å². The van der Waals surface area contributed by atoms with Crippen molar-refractivity contribution in [2.75, 3.05) is 0 Å². The molecule has 1 aliphatic rings. The number of hydrogen-bond donors (Lipinski definition) is 0. The Bertz CT molecular complexity index is 771. The van der Waals surface area contributed by atoms with Crippen LogP contribution in [0.15, 0.2) is 36.4 Å². The van der Waals surface area contributed by atoms with Crippen molar-refractivity contribution >= 4 is 38.5 Å². The van der Waals surface area contributed by atoms with Crippen LogP contribution in [-0.2, 0) is 19.3 Å². The van der Waals surface area contributed by atoms with E-state index in [0.717, 1.165) is 0 Å². The summed E-state index contributed by atoms with van der Waals surface area (Å²) in [7, 11) is 0. The Balaban J connectivity index is 1.84. The Kier molecular flexibility index (Phi) is 9.10. The molecule has 1 aliphatic carbocycles. The van der Waals surface area contributed by atoms with Crippen molar-refractivity contribution in [1.29, 1.82) is 0 Å². The highest BCUT2D eigenvalue weighted by Crippen LogP contribution is 2.59. The molecule has 158 valence electrons. The van der Waals surface area contributed by atoms with Gasteiger partial charge < -0.3 is 0 Å². The Morgan fingerprint density at radius 3 is 1.52 bits per heavy atom. The zero-order valence-electron chi connectivity index (χ0n) is 18.3. The van der Waals surface area contributed by atoms with Gasteiger partial charge in [0.05, 0.1) is 0 Å². The summed E-state index contributed by atoms with van der Waals surface area (Å²) in [5.74, 6) is 1.24. The molecule has 3 atom stereocenters. The molecule has 0 amide bonds. The minimum atomic E-state index is 0.570. The minimum Gasteiger partial charge on any atom is -0.0877 e. The van der Waals surface area contributed by atoms with Crippen LogP contribution in [0.1, 0.15) is 98.9 Å². The van der Waals surface area contributed by atoms with E-state index in [1.165, 1.54) is 72.5 Å². The smallest absolute Gasteiger partial charge is 0.0295 e. The van der Waals surface area contributed by atoms with Gasteiger partial charge in [-0.05, 0) is 101 Å². The molecule has 0 saturated heterocycles. The fraction of sp³-hybridized carbons (Fsp3) is 0.556. The molecule has 2 aromatic rings. The average Bonchev–Trinajstić information content (AvgIpc) is 3.39. The molecule has 1 unspecified atom stereocenters. The quantitative estimate of drug-likeness (QED) is 0.188. The lowest BCUT2D eigenvalue weighted by Gasteiger charge is -2.11. The van der Waals surface area contributed by atoms with Gasteiger partial charge >= 0.3 is 0 Å². The van der Waals surface area contributed by atoms with Crippen LogP contribution in [0.5, 0.6) is 0 Å². The first-order chi connectivity index (χ1) is 14.1. The van der Waals surface area contributed by atoms with Crippen LogP contribution >= 0.6 is 38.5 Å². The maximum absolute atomic E-state index is 4.04. The normalized spacial score (nSPS) is 20.8. The third-order valence-corrected chi connectivity index (χ3v) is 7.98. The van der Waals surface area contributed by atoms with Gasteiger partial charge in [-0.25, -0.2) is 0 Å². The number of rotatable bonds is 11. The maximum atomic E-state index is 4.04. The second-order valence-electron chi connectivity index (χ2n) is 8.78. The van der Waals surface area contributed by atoms with Crippen molar-refractivity contribution in [3.8, 4) is 0 Å². The van der Waals surface area contributed by atoms with E-state index in [2.05, 4.69) is 95.7 Å². The number of halogens is 2. The Labute approximate surface area is 200 Å². The van der Waals surface area contributed by atoms with Gasteiger partial charge in [-0.15, -0.1) is 0 Å². The first-order valence-electron chi connectivity index (χ1n) is 11.6. The van der Waals surface area contributed by atoms with E-state index in [9.17, 15) is 0 Å². The minimum absolute atomic E-state index is 0.570. The van der Waals surface area contributed by atoms with Crippen LogP contribution < -0.4 is 0 Å². The van der Waals surface area contributed by atoms with Crippen molar-refractivity contribution in [3.05, 3.63) is 67.8 Å². The highest BCUT2D eigenvalue weighted by molar-refractivity contribution is 14.1. The van der Waals surface area contributed by atoms with Crippen molar-refractivity contribution in [1.82, 2.24) is 0 Å². The standard InChI is InChI=1S/C27H36BrI/c1-4-7-10-19-13-20(11-8-5-2)15-22(14-19)25-26(27(25)28)23-16-21(12-9-6-3)17-24(29)18-23/h13-18,25-27H,4-12H2,1-3H3/t25-,26-,27?/m1/s1. The maximum Gasteiger partial charge on any atom is 0.0295 e. The fourth-order valence-electron chi connectivity index (χ4n) is 4.48. The SMILES string of the molecule is CCCCc1cc(I)cc([C@H]2C(Br)[C@@H]2c2cc(CCCC)cc(CCCC)c2)c1. The van der Waals surface area contributed by atoms with Crippen molar-refractivity contribution in [2.24, 2.45) is 0 Å². The number of benzene rings is 2. The molecule has 0 bridgehead atoms. The molecule has 2 aromatic carbocycles. The van der Waals surface area contributed by atoms with E-state index in [1.54, 1.807) is 16.7 Å². The van der Waals surface area contributed by atoms with Gasteiger partial charge in [-0.2, -0.15) is 0 Å². The predicted molar refractivity (Wildman–Crippen MR) is 140 cm³/mol. The van der Waals surface area contributed by atoms with Crippen LogP contribution in [0.4, 0.5) is 0 Å². The molecule has 0 nitrogen and oxygen atoms in total. The van der Waals surface area contributed by atoms with Crippen LogP contribution in [0.25, 0.3) is 0 Å². The van der Waals surface area contributed by atoms with E-state index in [4.69, 9.17) is 0 Å². The molecule has 0 aliphatic heterocycles. The largest absolute Gasteiger partial charge is 0.0877 e. The molecule has 0 N–H and O–H groups in total. The molecule has 29 heavy (non-hydrogen) atoms. The number of alkyl halides is 1. The van der Waals surface area contributed by atoms with Gasteiger partial charge in [0, 0.05) is 20.2 Å². The van der Waals surface area contributed by atoms with Gasteiger partial charge in [0.15, 0.2) is 0 Å². The van der Waals surface area contributed by atoms with Crippen LogP contribution in [0.3, 0.4) is 0 Å². The van der Waals surface area contributed by atoms with E-state index < -0.39 is 0 Å². The topological polar surface area (TPSA) is 0 Å². The summed E-state index contributed by atoms with van der Waals surface area (Å²) in [5, 5.41) is 0. The summed E-state index contributed by atoms with van der Waals surface area (Å²) in [5.41, 5.74) is 7.70. The van der Waals surface area contributed by atoms with E-state index in [-0.39, 0.29) is 0 Å². The summed E-state index contributed by atoms with van der Waals surface area (Å²) in [6, 6.07) is 14.8. The summed E-state index contributed by atoms with van der Waals surface area (Å²) in [6.07, 6.45) is 11.3. The predicted octanol–water partition coefficient (Wildman–Crippen LogP) is 8.96. The van der Waals surface area contributed by atoms with E-state index in [0.29, 0.717) is 16.7 Å². The lowest BCUT2D eigenvalue weighted by molar-refractivity contribution is 0.777. The van der Waals surface area contributed by atoms with Gasteiger partial charge in [0.1, 0.15) is 0 Å². The monoisotopic (exact) mass is 566 g/mol. The van der Waals surface area contributed by atoms with Gasteiger partial charge in [0.2, 0.25) is 0 Å². The first-order valence-corrected chi connectivity index (χ1v) is 13.6. The molecular weight excluding hydrogens is 531 g/mol. The summed E-state index contributed by atoms with van der Waals surface area (Å²) in [4.78, 5) is 0.570. The Morgan fingerprint density at radius 2 is 1.07 bits per heavy atom. The van der Waals surface area contributed by atoms with Gasteiger partial charge in [-0.1, -0.05) is 80.2 Å². The zero-order chi connectivity index (χ0) is 20.8. The summed E-state index contributed by atoms with van der Waals surface area (Å²) >= 11 is 6.54. The van der Waals surface area contributed by atoms with E-state index >= 15 is 0 Å². The number of unbranched alkanes of at least 4 members (excludes halogenated alkanes) is 3. The van der Waals surface area contributed by atoms with Crippen molar-refractivity contribution in [2.45, 2.75) is 95.2 Å². The molecule has 0 heterocycles. The van der Waals surface area contributed by atoms with Gasteiger partial charge in [-0.3, -0.25) is 0 Å². The first kappa shape index (κ1) is 23.3. The number of hydrogen-bond acceptors (Lipinski definition) is 0. The van der Waals surface area contributed by atoms with Crippen LogP contribution in [0.2, 0.25) is 0 Å². The highest BCUT2D eigenvalue weighted by atomic mass is 127. The number of aryl methyl sites for hydroxylation is 3. The Hall–Kier alpha value is -0.350. The second-order valence-corrected chi connectivity index (χ2v) is 11.1. The summed E-state index contributed by atoms with van der Waals surface area (Å²) < 4.78 is 1.39. The third-order valence-electron chi connectivity index (χ3n) is 6.21. The van der Waals surface area contributed by atoms with Crippen molar-refractivity contribution in [3.63, 3.8) is 0 Å². The molecule has 0 spiro atoms. The molecule has 1 fully saturated rings. The highest BCUT2D eigenvalue weighted by Gasteiger charge is 2.50. The fourth-order valence-corrected chi connectivity index (χ4v) is 6.34. The lowest BCUT2D eigenvalue weighted by atomic mass is 9.95. The molecular formula is C27H36BrI. The second kappa shape index (κ2) is 11.3. The molecule has 3 rings (SSSR count). The molecule has 0 radical (unpaired) electrons. The molecule has 0 aromatic heterocycles. The third kappa shape index (κ3) is 6.32. The zero-order valence-corrected chi connectivity index (χ0v) is 22.1. The van der Waals surface area contributed by atoms with Gasteiger partial charge in [0.25, 0.3) is 0 Å². The van der Waals surface area contributed by atoms with Crippen LogP contribution in [0, 0.1) is 3.57 Å². The van der Waals surface area contributed by atoms with Crippen LogP contribution in [-0.4, -0.2) is 4.83 Å². The average molecular weight is 567 g/mol. The lowest BCUT2D eigenvalue weighted by Crippen LogP contribution is -1.95. The molecule has 1 saturated carbocycles. The van der Waals surface area contributed by atoms with E-state index in [1.807, 2.05) is 0 Å². The summed E-state index contributed by atoms with van der Waals surface area (Å²) in [6.45, 7) is 6.86.